The van der Waals surface area contributed by atoms with E-state index in [4.69, 9.17) is 11.6 Å². The number of rotatable bonds is 1. The summed E-state index contributed by atoms with van der Waals surface area (Å²) >= 11 is 5.78. The highest BCUT2D eigenvalue weighted by molar-refractivity contribution is 6.65. The predicted octanol–water partition coefficient (Wildman–Crippen LogP) is 4.27. The Morgan fingerprint density at radius 1 is 1.21 bits per heavy atom. The minimum Gasteiger partial charge on any atom is -0.241 e. The van der Waals surface area contributed by atoms with Crippen molar-refractivity contribution in [3.8, 4) is 0 Å². The van der Waals surface area contributed by atoms with Crippen LogP contribution in [-0.2, 0) is 5.41 Å². The summed E-state index contributed by atoms with van der Waals surface area (Å²) in [7, 11) is 0. The van der Waals surface area contributed by atoms with E-state index in [0.29, 0.717) is 5.17 Å². The Labute approximate surface area is 90.8 Å². The van der Waals surface area contributed by atoms with Crippen LogP contribution in [0.15, 0.2) is 29.3 Å². The van der Waals surface area contributed by atoms with Gasteiger partial charge in [0.05, 0.1) is 5.69 Å². The summed E-state index contributed by atoms with van der Waals surface area (Å²) in [6.45, 7) is 8.31. The van der Waals surface area contributed by atoms with Crippen LogP contribution >= 0.6 is 11.6 Å². The minimum atomic E-state index is 0.104. The van der Waals surface area contributed by atoms with Gasteiger partial charge in [0.15, 0.2) is 0 Å². The molecule has 0 aliphatic rings. The van der Waals surface area contributed by atoms with Crippen LogP contribution in [0.1, 0.15) is 33.3 Å². The Hall–Kier alpha value is -0.820. The monoisotopic (exact) mass is 209 g/mol. The fraction of sp³-hybridized carbons (Fsp3) is 0.417. The molecule has 0 fully saturated rings. The van der Waals surface area contributed by atoms with Crippen molar-refractivity contribution in [2.45, 2.75) is 33.1 Å². The molecule has 0 saturated carbocycles. The maximum atomic E-state index is 5.78. The zero-order chi connectivity index (χ0) is 10.8. The molecule has 0 amide bonds. The average molecular weight is 210 g/mol. The van der Waals surface area contributed by atoms with Crippen molar-refractivity contribution in [1.82, 2.24) is 0 Å². The van der Waals surface area contributed by atoms with Crippen LogP contribution in [0.25, 0.3) is 0 Å². The number of hydrogen-bond donors (Lipinski definition) is 0. The van der Waals surface area contributed by atoms with Gasteiger partial charge in [0.25, 0.3) is 0 Å². The molecule has 0 atom stereocenters. The van der Waals surface area contributed by atoms with Gasteiger partial charge in [0, 0.05) is 0 Å². The Balaban J connectivity index is 3.24. The molecule has 0 bridgehead atoms. The fourth-order valence-corrected chi connectivity index (χ4v) is 1.46. The first kappa shape index (κ1) is 11.3. The maximum absolute atomic E-state index is 5.78. The second-order valence-electron chi connectivity index (χ2n) is 4.38. The first-order chi connectivity index (χ1) is 6.41. The third-order valence-corrected chi connectivity index (χ3v) is 2.07. The van der Waals surface area contributed by atoms with E-state index in [9.17, 15) is 0 Å². The van der Waals surface area contributed by atoms with Gasteiger partial charge in [-0.3, -0.25) is 0 Å². The molecule has 1 rings (SSSR count). The normalized spacial score (nSPS) is 13.1. The van der Waals surface area contributed by atoms with E-state index in [0.717, 1.165) is 5.69 Å². The topological polar surface area (TPSA) is 12.4 Å². The van der Waals surface area contributed by atoms with Gasteiger partial charge in [-0.2, -0.15) is 0 Å². The standard InChI is InChI=1S/C12H16ClN/c1-9(13)14-11-8-6-5-7-10(11)12(2,3)4/h5-8H,1-4H3. The lowest BCUT2D eigenvalue weighted by Gasteiger charge is -2.20. The van der Waals surface area contributed by atoms with Gasteiger partial charge in [-0.05, 0) is 24.0 Å². The Bertz CT molecular complexity index is 344. The fourth-order valence-electron chi connectivity index (χ4n) is 1.37. The van der Waals surface area contributed by atoms with Gasteiger partial charge in [-0.25, -0.2) is 4.99 Å². The molecule has 0 radical (unpaired) electrons. The largest absolute Gasteiger partial charge is 0.241 e. The highest BCUT2D eigenvalue weighted by Gasteiger charge is 2.16. The Kier molecular flexibility index (Phi) is 3.33. The van der Waals surface area contributed by atoms with E-state index >= 15 is 0 Å². The summed E-state index contributed by atoms with van der Waals surface area (Å²) in [4.78, 5) is 4.31. The quantitative estimate of drug-likeness (QED) is 0.613. The van der Waals surface area contributed by atoms with Crippen LogP contribution in [0, 0.1) is 0 Å². The zero-order valence-electron chi connectivity index (χ0n) is 9.13. The third kappa shape index (κ3) is 2.85. The summed E-state index contributed by atoms with van der Waals surface area (Å²) < 4.78 is 0. The summed E-state index contributed by atoms with van der Waals surface area (Å²) in [6.07, 6.45) is 0. The Morgan fingerprint density at radius 2 is 1.79 bits per heavy atom. The summed E-state index contributed by atoms with van der Waals surface area (Å²) in [5, 5.41) is 0.571. The van der Waals surface area contributed by atoms with Crippen molar-refractivity contribution in [1.29, 1.82) is 0 Å². The molecule has 1 nitrogen and oxygen atoms in total. The van der Waals surface area contributed by atoms with Crippen LogP contribution < -0.4 is 0 Å². The molecular weight excluding hydrogens is 194 g/mol. The van der Waals surface area contributed by atoms with Crippen LogP contribution in [0.5, 0.6) is 0 Å². The molecule has 0 N–H and O–H groups in total. The molecule has 0 spiro atoms. The Morgan fingerprint density at radius 3 is 2.29 bits per heavy atom. The van der Waals surface area contributed by atoms with Crippen molar-refractivity contribution in [3.05, 3.63) is 29.8 Å². The van der Waals surface area contributed by atoms with Crippen molar-refractivity contribution in [2.24, 2.45) is 4.99 Å². The van der Waals surface area contributed by atoms with Gasteiger partial charge in [-0.15, -0.1) is 0 Å². The lowest BCUT2D eigenvalue weighted by molar-refractivity contribution is 0.591. The van der Waals surface area contributed by atoms with Crippen molar-refractivity contribution < 1.29 is 0 Å². The van der Waals surface area contributed by atoms with Gasteiger partial charge in [-0.1, -0.05) is 50.6 Å². The molecule has 76 valence electrons. The molecule has 0 heterocycles. The van der Waals surface area contributed by atoms with Gasteiger partial charge >= 0.3 is 0 Å². The van der Waals surface area contributed by atoms with Crippen LogP contribution in [0.4, 0.5) is 5.69 Å². The molecule has 0 saturated heterocycles. The zero-order valence-corrected chi connectivity index (χ0v) is 9.89. The summed E-state index contributed by atoms with van der Waals surface area (Å²) in [5.41, 5.74) is 2.29. The number of benzene rings is 1. The maximum Gasteiger partial charge on any atom is 0.103 e. The van der Waals surface area contributed by atoms with Crippen molar-refractivity contribution >= 4 is 22.5 Å². The van der Waals surface area contributed by atoms with Crippen LogP contribution in [-0.4, -0.2) is 5.17 Å². The predicted molar refractivity (Wildman–Crippen MR) is 63.8 cm³/mol. The van der Waals surface area contributed by atoms with Gasteiger partial charge in [0.2, 0.25) is 0 Å². The SMILES string of the molecule is CC(Cl)=Nc1ccccc1C(C)(C)C. The summed E-state index contributed by atoms with van der Waals surface area (Å²) in [6, 6.07) is 8.10. The number of hydrogen-bond acceptors (Lipinski definition) is 1. The lowest BCUT2D eigenvalue weighted by atomic mass is 9.86. The van der Waals surface area contributed by atoms with Crippen molar-refractivity contribution in [2.75, 3.05) is 0 Å². The number of halogens is 1. The molecule has 1 aromatic carbocycles. The number of nitrogens with zero attached hydrogens (tertiary/aromatic N) is 1. The van der Waals surface area contributed by atoms with E-state index in [1.807, 2.05) is 18.2 Å². The van der Waals surface area contributed by atoms with Crippen molar-refractivity contribution in [3.63, 3.8) is 0 Å². The minimum absolute atomic E-state index is 0.104. The molecule has 2 heteroatoms. The molecular formula is C12H16ClN. The highest BCUT2D eigenvalue weighted by atomic mass is 35.5. The molecule has 1 aromatic rings. The number of aliphatic imine (C=N–C) groups is 1. The van der Waals surface area contributed by atoms with E-state index in [-0.39, 0.29) is 5.41 Å². The molecule has 0 aromatic heterocycles. The first-order valence-electron chi connectivity index (χ1n) is 4.71. The van der Waals surface area contributed by atoms with Crippen LogP contribution in [0.3, 0.4) is 0 Å². The molecule has 0 unspecified atom stereocenters. The van der Waals surface area contributed by atoms with E-state index < -0.39 is 0 Å². The number of para-hydroxylation sites is 1. The molecule has 14 heavy (non-hydrogen) atoms. The summed E-state index contributed by atoms with van der Waals surface area (Å²) in [5.74, 6) is 0. The van der Waals surface area contributed by atoms with Gasteiger partial charge < -0.3 is 0 Å². The highest BCUT2D eigenvalue weighted by Crippen LogP contribution is 2.31. The second-order valence-corrected chi connectivity index (χ2v) is 4.92. The van der Waals surface area contributed by atoms with E-state index in [1.165, 1.54) is 5.56 Å². The van der Waals surface area contributed by atoms with Gasteiger partial charge in [0.1, 0.15) is 5.17 Å². The molecule has 0 aliphatic heterocycles. The third-order valence-electron chi connectivity index (χ3n) is 1.99. The second kappa shape index (κ2) is 4.14. The van der Waals surface area contributed by atoms with E-state index in [1.54, 1.807) is 6.92 Å². The molecule has 0 aliphatic carbocycles. The van der Waals surface area contributed by atoms with E-state index in [2.05, 4.69) is 31.8 Å². The lowest BCUT2D eigenvalue weighted by Crippen LogP contribution is -2.11. The average Bonchev–Trinajstić information content (AvgIpc) is 2.01. The smallest absolute Gasteiger partial charge is 0.103 e. The first-order valence-corrected chi connectivity index (χ1v) is 5.09. The van der Waals surface area contributed by atoms with Crippen LogP contribution in [0.2, 0.25) is 0 Å².